The van der Waals surface area contributed by atoms with Crippen LogP contribution < -0.4 is 10.1 Å². The molecule has 0 atom stereocenters. The molecule has 0 aliphatic heterocycles. The first-order valence-corrected chi connectivity index (χ1v) is 6.06. The van der Waals surface area contributed by atoms with Gasteiger partial charge < -0.3 is 10.1 Å². The van der Waals surface area contributed by atoms with Crippen molar-refractivity contribution < 1.29 is 4.74 Å². The monoisotopic (exact) mass is 245 g/mol. The Bertz CT molecular complexity index is 532. The van der Waals surface area contributed by atoms with Crippen molar-refractivity contribution in [2.45, 2.75) is 26.8 Å². The molecule has 4 nitrogen and oxygen atoms in total. The minimum atomic E-state index is 0.352. The molecular formula is C14H19N3O. The third kappa shape index (κ3) is 2.47. The number of anilines is 1. The molecule has 1 heterocycles. The molecule has 0 unspecified atom stereocenters. The highest BCUT2D eigenvalue weighted by Gasteiger charge is 2.08. The summed E-state index contributed by atoms with van der Waals surface area (Å²) in [5.74, 6) is 1.73. The van der Waals surface area contributed by atoms with E-state index >= 15 is 0 Å². The lowest BCUT2D eigenvalue weighted by Gasteiger charge is -2.14. The average Bonchev–Trinajstić information content (AvgIpc) is 2.76. The van der Waals surface area contributed by atoms with E-state index in [4.69, 9.17) is 4.74 Å². The molecule has 96 valence electrons. The van der Waals surface area contributed by atoms with Crippen molar-refractivity contribution in [1.82, 2.24) is 9.55 Å². The third-order valence-corrected chi connectivity index (χ3v) is 2.72. The molecule has 0 fully saturated rings. The molecule has 4 heteroatoms. The summed E-state index contributed by atoms with van der Waals surface area (Å²) >= 11 is 0. The second-order valence-corrected chi connectivity index (χ2v) is 4.57. The SMILES string of the molecule is COc1ccc(-n2ccnc2NC(C)C)c(C)c1. The lowest BCUT2D eigenvalue weighted by atomic mass is 10.2. The molecule has 0 saturated carbocycles. The molecule has 2 aromatic rings. The van der Waals surface area contributed by atoms with Gasteiger partial charge in [0.2, 0.25) is 5.95 Å². The molecule has 1 aromatic carbocycles. The Kier molecular flexibility index (Phi) is 3.55. The highest BCUT2D eigenvalue weighted by molar-refractivity contribution is 5.49. The highest BCUT2D eigenvalue weighted by Crippen LogP contribution is 2.23. The molecule has 0 aliphatic carbocycles. The van der Waals surface area contributed by atoms with E-state index in [1.54, 1.807) is 13.3 Å². The molecule has 1 aromatic heterocycles. The van der Waals surface area contributed by atoms with Gasteiger partial charge in [-0.05, 0) is 44.5 Å². The van der Waals surface area contributed by atoms with E-state index in [-0.39, 0.29) is 0 Å². The predicted octanol–water partition coefficient (Wildman–Crippen LogP) is 3.01. The Balaban J connectivity index is 2.39. The first-order valence-electron chi connectivity index (χ1n) is 6.06. The third-order valence-electron chi connectivity index (χ3n) is 2.72. The maximum Gasteiger partial charge on any atom is 0.207 e. The van der Waals surface area contributed by atoms with Crippen LogP contribution in [-0.4, -0.2) is 22.7 Å². The molecule has 1 N–H and O–H groups in total. The van der Waals surface area contributed by atoms with Gasteiger partial charge in [0.15, 0.2) is 0 Å². The fraction of sp³-hybridized carbons (Fsp3) is 0.357. The zero-order valence-corrected chi connectivity index (χ0v) is 11.3. The summed E-state index contributed by atoms with van der Waals surface area (Å²) in [5.41, 5.74) is 2.26. The Hall–Kier alpha value is -1.97. The number of hydrogen-bond acceptors (Lipinski definition) is 3. The van der Waals surface area contributed by atoms with E-state index in [2.05, 4.69) is 35.6 Å². The van der Waals surface area contributed by atoms with Crippen molar-refractivity contribution >= 4 is 5.95 Å². The summed E-state index contributed by atoms with van der Waals surface area (Å²) in [6, 6.07) is 6.38. The number of aromatic nitrogens is 2. The van der Waals surface area contributed by atoms with Crippen LogP contribution in [0.4, 0.5) is 5.95 Å². The topological polar surface area (TPSA) is 39.1 Å². The van der Waals surface area contributed by atoms with E-state index in [1.807, 2.05) is 24.4 Å². The standard InChI is InChI=1S/C14H19N3O/c1-10(2)16-14-15-7-8-17(14)13-6-5-12(18-4)9-11(13)3/h5-10H,1-4H3,(H,15,16). The average molecular weight is 245 g/mol. The van der Waals surface area contributed by atoms with E-state index in [9.17, 15) is 0 Å². The summed E-state index contributed by atoms with van der Waals surface area (Å²) in [5, 5.41) is 3.33. The van der Waals surface area contributed by atoms with E-state index in [0.29, 0.717) is 6.04 Å². The zero-order chi connectivity index (χ0) is 13.1. The van der Waals surface area contributed by atoms with E-state index in [1.165, 1.54) is 0 Å². The molecule has 0 bridgehead atoms. The quantitative estimate of drug-likeness (QED) is 0.900. The normalized spacial score (nSPS) is 10.7. The summed E-state index contributed by atoms with van der Waals surface area (Å²) in [4.78, 5) is 4.34. The van der Waals surface area contributed by atoms with Gasteiger partial charge in [-0.25, -0.2) is 4.98 Å². The van der Waals surface area contributed by atoms with Crippen molar-refractivity contribution in [2.75, 3.05) is 12.4 Å². The number of aryl methyl sites for hydroxylation is 1. The second-order valence-electron chi connectivity index (χ2n) is 4.57. The minimum Gasteiger partial charge on any atom is -0.497 e. The van der Waals surface area contributed by atoms with Crippen LogP contribution >= 0.6 is 0 Å². The van der Waals surface area contributed by atoms with Gasteiger partial charge in [0.1, 0.15) is 5.75 Å². The summed E-state index contributed by atoms with van der Waals surface area (Å²) in [6.45, 7) is 6.26. The van der Waals surface area contributed by atoms with Crippen LogP contribution in [0.2, 0.25) is 0 Å². The van der Waals surface area contributed by atoms with Gasteiger partial charge in [0, 0.05) is 18.4 Å². The van der Waals surface area contributed by atoms with Gasteiger partial charge in [-0.15, -0.1) is 0 Å². The Morgan fingerprint density at radius 2 is 2.11 bits per heavy atom. The summed E-state index contributed by atoms with van der Waals surface area (Å²) in [7, 11) is 1.68. The Morgan fingerprint density at radius 1 is 1.33 bits per heavy atom. The molecule has 0 amide bonds. The van der Waals surface area contributed by atoms with Crippen molar-refractivity contribution in [3.8, 4) is 11.4 Å². The van der Waals surface area contributed by atoms with Crippen LogP contribution in [0.5, 0.6) is 5.75 Å². The van der Waals surface area contributed by atoms with E-state index in [0.717, 1.165) is 22.9 Å². The highest BCUT2D eigenvalue weighted by atomic mass is 16.5. The van der Waals surface area contributed by atoms with Crippen LogP contribution in [0.1, 0.15) is 19.4 Å². The number of benzene rings is 1. The molecule has 0 aliphatic rings. The van der Waals surface area contributed by atoms with Crippen LogP contribution in [-0.2, 0) is 0 Å². The van der Waals surface area contributed by atoms with Crippen LogP contribution in [0.15, 0.2) is 30.6 Å². The van der Waals surface area contributed by atoms with Gasteiger partial charge in [-0.2, -0.15) is 0 Å². The van der Waals surface area contributed by atoms with Gasteiger partial charge >= 0.3 is 0 Å². The van der Waals surface area contributed by atoms with Crippen LogP contribution in [0.25, 0.3) is 5.69 Å². The van der Waals surface area contributed by atoms with Crippen molar-refractivity contribution in [3.63, 3.8) is 0 Å². The lowest BCUT2D eigenvalue weighted by Crippen LogP contribution is -2.14. The Labute approximate surface area is 108 Å². The largest absolute Gasteiger partial charge is 0.497 e. The maximum atomic E-state index is 5.22. The first-order chi connectivity index (χ1) is 8.61. The minimum absolute atomic E-state index is 0.352. The van der Waals surface area contributed by atoms with Crippen molar-refractivity contribution in [2.24, 2.45) is 0 Å². The molecule has 0 spiro atoms. The number of imidazole rings is 1. The van der Waals surface area contributed by atoms with Crippen molar-refractivity contribution in [1.29, 1.82) is 0 Å². The number of nitrogens with zero attached hydrogens (tertiary/aromatic N) is 2. The fourth-order valence-electron chi connectivity index (χ4n) is 1.89. The fourth-order valence-corrected chi connectivity index (χ4v) is 1.89. The predicted molar refractivity (Wildman–Crippen MR) is 73.6 cm³/mol. The first kappa shape index (κ1) is 12.5. The maximum absolute atomic E-state index is 5.22. The van der Waals surface area contributed by atoms with Gasteiger partial charge in [-0.3, -0.25) is 4.57 Å². The molecule has 18 heavy (non-hydrogen) atoms. The number of hydrogen-bond donors (Lipinski definition) is 1. The molecule has 0 saturated heterocycles. The Morgan fingerprint density at radius 3 is 2.72 bits per heavy atom. The smallest absolute Gasteiger partial charge is 0.207 e. The van der Waals surface area contributed by atoms with E-state index < -0.39 is 0 Å². The van der Waals surface area contributed by atoms with Gasteiger partial charge in [-0.1, -0.05) is 0 Å². The number of methoxy groups -OCH3 is 1. The van der Waals surface area contributed by atoms with Crippen LogP contribution in [0.3, 0.4) is 0 Å². The lowest BCUT2D eigenvalue weighted by molar-refractivity contribution is 0.414. The van der Waals surface area contributed by atoms with Crippen molar-refractivity contribution in [3.05, 3.63) is 36.2 Å². The molecule has 2 rings (SSSR count). The molecule has 0 radical (unpaired) electrons. The van der Waals surface area contributed by atoms with Crippen LogP contribution in [0, 0.1) is 6.92 Å². The second kappa shape index (κ2) is 5.12. The zero-order valence-electron chi connectivity index (χ0n) is 11.3. The number of nitrogens with one attached hydrogen (secondary N) is 1. The summed E-state index contributed by atoms with van der Waals surface area (Å²) < 4.78 is 7.27. The number of rotatable bonds is 4. The van der Waals surface area contributed by atoms with Gasteiger partial charge in [0.05, 0.1) is 12.8 Å². The molecular weight excluding hydrogens is 226 g/mol. The number of ether oxygens (including phenoxy) is 1. The van der Waals surface area contributed by atoms with Gasteiger partial charge in [0.25, 0.3) is 0 Å². The summed E-state index contributed by atoms with van der Waals surface area (Å²) in [6.07, 6.45) is 3.76.